The summed E-state index contributed by atoms with van der Waals surface area (Å²) in [6.07, 6.45) is 0.334. The van der Waals surface area contributed by atoms with E-state index < -0.39 is 21.5 Å². The molecule has 1 amide bonds. The van der Waals surface area contributed by atoms with Crippen molar-refractivity contribution in [3.8, 4) is 0 Å². The highest BCUT2D eigenvalue weighted by Gasteiger charge is 2.36. The molecule has 1 heterocycles. The molecule has 0 spiro atoms. The smallest absolute Gasteiger partial charge is 0.242 e. The number of fused-ring (bicyclic) bond motifs is 1. The van der Waals surface area contributed by atoms with E-state index in [1.165, 1.54) is 23.1 Å². The van der Waals surface area contributed by atoms with Crippen LogP contribution in [0.15, 0.2) is 23.1 Å². The molecule has 0 aromatic heterocycles. The molecule has 0 bridgehead atoms. The maximum Gasteiger partial charge on any atom is 0.242 e. The number of Topliss-reactive ketones (excluding diaryl/α,β-unsaturated/α-hetero) is 1. The Bertz CT molecular complexity index is 676. The fourth-order valence-electron chi connectivity index (χ4n) is 2.36. The van der Waals surface area contributed by atoms with Crippen molar-refractivity contribution in [2.45, 2.75) is 38.1 Å². The summed E-state index contributed by atoms with van der Waals surface area (Å²) in [5.74, 6) is -1.04. The van der Waals surface area contributed by atoms with Gasteiger partial charge in [0.05, 0.1) is 10.6 Å². The van der Waals surface area contributed by atoms with Gasteiger partial charge < -0.3 is 4.90 Å². The first kappa shape index (κ1) is 14.7. The lowest BCUT2D eigenvalue weighted by Crippen LogP contribution is -2.44. The number of anilines is 1. The molecule has 0 N–H and O–H groups in total. The molecule has 0 radical (unpaired) electrons. The maximum atomic E-state index is 12.1. The minimum Gasteiger partial charge on any atom is -0.308 e. The largest absolute Gasteiger partial charge is 0.308 e. The highest BCUT2D eigenvalue weighted by Crippen LogP contribution is 2.33. The first-order chi connectivity index (χ1) is 9.27. The number of nitrogens with zero attached hydrogens (tertiary/aromatic N) is 1. The average Bonchev–Trinajstić information content (AvgIpc) is 2.35. The predicted molar refractivity (Wildman–Crippen MR) is 75.7 cm³/mol. The summed E-state index contributed by atoms with van der Waals surface area (Å²) < 4.78 is 24.1. The van der Waals surface area contributed by atoms with Crippen LogP contribution in [0.5, 0.6) is 0 Å². The summed E-state index contributed by atoms with van der Waals surface area (Å²) in [5, 5.41) is 0. The maximum absolute atomic E-state index is 12.1. The van der Waals surface area contributed by atoms with Gasteiger partial charge in [0.15, 0.2) is 15.6 Å². The molecule has 0 saturated carbocycles. The fraction of sp³-hybridized carbons (Fsp3) is 0.429. The zero-order valence-corrected chi connectivity index (χ0v) is 12.5. The van der Waals surface area contributed by atoms with Gasteiger partial charge in [-0.1, -0.05) is 6.92 Å². The van der Waals surface area contributed by atoms with Crippen molar-refractivity contribution in [1.82, 2.24) is 0 Å². The van der Waals surface area contributed by atoms with Gasteiger partial charge in [0.1, 0.15) is 5.75 Å². The fourth-order valence-corrected chi connectivity index (χ4v) is 3.73. The third kappa shape index (κ3) is 2.35. The Morgan fingerprint density at radius 2 is 2.00 bits per heavy atom. The number of amides is 1. The molecular weight excluding hydrogens is 278 g/mol. The number of carbonyl (C=O) groups excluding carboxylic acids is 2. The highest BCUT2D eigenvalue weighted by atomic mass is 32.2. The normalized spacial score (nSPS) is 17.2. The third-order valence-corrected chi connectivity index (χ3v) is 4.94. The Kier molecular flexibility index (Phi) is 3.69. The van der Waals surface area contributed by atoms with Gasteiger partial charge in [0, 0.05) is 18.0 Å². The quantitative estimate of drug-likeness (QED) is 0.797. The molecule has 5 nitrogen and oxygen atoms in total. The van der Waals surface area contributed by atoms with Gasteiger partial charge in [-0.3, -0.25) is 9.59 Å². The second kappa shape index (κ2) is 5.01. The lowest BCUT2D eigenvalue weighted by atomic mass is 10.1. The molecule has 0 atom stereocenters. The van der Waals surface area contributed by atoms with Crippen LogP contribution in [0.1, 0.15) is 37.6 Å². The van der Waals surface area contributed by atoms with E-state index in [0.717, 1.165) is 0 Å². The van der Waals surface area contributed by atoms with E-state index >= 15 is 0 Å². The van der Waals surface area contributed by atoms with Crippen LogP contribution in [0, 0.1) is 0 Å². The van der Waals surface area contributed by atoms with Crippen LogP contribution >= 0.6 is 0 Å². The second-order valence-corrected chi connectivity index (χ2v) is 7.03. The Morgan fingerprint density at radius 1 is 1.35 bits per heavy atom. The molecule has 108 valence electrons. The van der Waals surface area contributed by atoms with Crippen molar-refractivity contribution in [1.29, 1.82) is 0 Å². The van der Waals surface area contributed by atoms with Gasteiger partial charge >= 0.3 is 0 Å². The number of benzene rings is 1. The summed E-state index contributed by atoms with van der Waals surface area (Å²) in [7, 11) is -3.61. The van der Waals surface area contributed by atoms with Crippen molar-refractivity contribution in [2.24, 2.45) is 0 Å². The standard InChI is InChI=1S/C14H17NO4S/c1-4-12(16)10-5-6-13-11(7-10)15(9(2)3)14(17)8-20(13,18)19/h5-7,9H,4,8H2,1-3H3. The van der Waals surface area contributed by atoms with Crippen LogP contribution in [0.3, 0.4) is 0 Å². The number of sulfone groups is 1. The molecule has 1 aliphatic rings. The van der Waals surface area contributed by atoms with Gasteiger partial charge in [-0.15, -0.1) is 0 Å². The number of rotatable bonds is 3. The number of carbonyl (C=O) groups is 2. The van der Waals surface area contributed by atoms with Crippen molar-refractivity contribution in [2.75, 3.05) is 10.7 Å². The Labute approximate surface area is 118 Å². The molecular formula is C14H17NO4S. The minimum atomic E-state index is -3.61. The first-order valence-corrected chi connectivity index (χ1v) is 8.15. The molecule has 1 aromatic rings. The summed E-state index contributed by atoms with van der Waals surface area (Å²) >= 11 is 0. The SMILES string of the molecule is CCC(=O)c1ccc2c(c1)N(C(C)C)C(=O)CS2(=O)=O. The highest BCUT2D eigenvalue weighted by molar-refractivity contribution is 7.92. The molecule has 1 aromatic carbocycles. The van der Waals surface area contributed by atoms with Crippen LogP contribution in [-0.4, -0.2) is 31.9 Å². The van der Waals surface area contributed by atoms with Crippen LogP contribution in [0.2, 0.25) is 0 Å². The van der Waals surface area contributed by atoms with Gasteiger partial charge in [0.25, 0.3) is 0 Å². The molecule has 0 unspecified atom stereocenters. The Balaban J connectivity index is 2.68. The van der Waals surface area contributed by atoms with Crippen LogP contribution in [0.4, 0.5) is 5.69 Å². The molecule has 20 heavy (non-hydrogen) atoms. The van der Waals surface area contributed by atoms with E-state index in [4.69, 9.17) is 0 Å². The van der Waals surface area contributed by atoms with Crippen molar-refractivity contribution < 1.29 is 18.0 Å². The molecule has 2 rings (SSSR count). The van der Waals surface area contributed by atoms with E-state index in [1.54, 1.807) is 6.92 Å². The molecule has 0 aliphatic carbocycles. The topological polar surface area (TPSA) is 71.5 Å². The van der Waals surface area contributed by atoms with Crippen LogP contribution in [0.25, 0.3) is 0 Å². The number of hydrogen-bond donors (Lipinski definition) is 0. The summed E-state index contributed by atoms with van der Waals surface area (Å²) in [5.41, 5.74) is 0.748. The predicted octanol–water partition coefficient (Wildman–Crippen LogP) is 1.81. The lowest BCUT2D eigenvalue weighted by Gasteiger charge is -2.32. The summed E-state index contributed by atoms with van der Waals surface area (Å²) in [6.45, 7) is 5.37. The van der Waals surface area contributed by atoms with Crippen LogP contribution < -0.4 is 4.90 Å². The van der Waals surface area contributed by atoms with E-state index in [0.29, 0.717) is 17.7 Å². The van der Waals surface area contributed by atoms with Crippen LogP contribution in [-0.2, 0) is 14.6 Å². The second-order valence-electron chi connectivity index (χ2n) is 5.08. The monoisotopic (exact) mass is 295 g/mol. The Morgan fingerprint density at radius 3 is 2.55 bits per heavy atom. The van der Waals surface area contributed by atoms with Crippen molar-refractivity contribution >= 4 is 27.2 Å². The minimum absolute atomic E-state index is 0.0769. The van der Waals surface area contributed by atoms with E-state index in [-0.39, 0.29) is 16.7 Å². The summed E-state index contributed by atoms with van der Waals surface area (Å²) in [6, 6.07) is 4.28. The van der Waals surface area contributed by atoms with Crippen molar-refractivity contribution in [3.05, 3.63) is 23.8 Å². The number of ketones is 1. The zero-order valence-electron chi connectivity index (χ0n) is 11.7. The van der Waals surface area contributed by atoms with E-state index in [1.807, 2.05) is 13.8 Å². The van der Waals surface area contributed by atoms with E-state index in [2.05, 4.69) is 0 Å². The van der Waals surface area contributed by atoms with Gasteiger partial charge in [-0.25, -0.2) is 8.42 Å². The zero-order chi connectivity index (χ0) is 15.1. The molecule has 0 saturated heterocycles. The Hall–Kier alpha value is -1.69. The van der Waals surface area contributed by atoms with Crippen molar-refractivity contribution in [3.63, 3.8) is 0 Å². The lowest BCUT2D eigenvalue weighted by molar-refractivity contribution is -0.116. The average molecular weight is 295 g/mol. The van der Waals surface area contributed by atoms with Gasteiger partial charge in [-0.05, 0) is 32.0 Å². The molecule has 6 heteroatoms. The van der Waals surface area contributed by atoms with E-state index in [9.17, 15) is 18.0 Å². The van der Waals surface area contributed by atoms with Gasteiger partial charge in [0.2, 0.25) is 5.91 Å². The number of hydrogen-bond acceptors (Lipinski definition) is 4. The third-order valence-electron chi connectivity index (χ3n) is 3.30. The molecule has 0 fully saturated rings. The first-order valence-electron chi connectivity index (χ1n) is 6.50. The van der Waals surface area contributed by atoms with Gasteiger partial charge in [-0.2, -0.15) is 0 Å². The molecule has 1 aliphatic heterocycles. The summed E-state index contributed by atoms with van der Waals surface area (Å²) in [4.78, 5) is 25.4.